The molecule has 0 heterocycles. The number of allylic oxidation sites excluding steroid dienone is 1. The van der Waals surface area contributed by atoms with Crippen LogP contribution in [0.4, 0.5) is 43.9 Å². The molecule has 0 fully saturated rings. The Morgan fingerprint density at radius 3 is 1.98 bits per heavy atom. The highest BCUT2D eigenvalue weighted by atomic mass is 35.5. The second-order valence-corrected chi connectivity index (χ2v) is 9.52. The molecule has 4 nitrogen and oxygen atoms in total. The van der Waals surface area contributed by atoms with Gasteiger partial charge in [-0.1, -0.05) is 29.8 Å². The summed E-state index contributed by atoms with van der Waals surface area (Å²) < 4.78 is 135. The van der Waals surface area contributed by atoms with Gasteiger partial charge in [-0.05, 0) is 55.7 Å². The van der Waals surface area contributed by atoms with Crippen LogP contribution in [0.1, 0.15) is 63.9 Å². The van der Waals surface area contributed by atoms with E-state index in [2.05, 4.69) is 0 Å². The van der Waals surface area contributed by atoms with E-state index in [4.69, 9.17) is 11.6 Å². The number of nitrogens with one attached hydrogen (secondary N) is 2. The van der Waals surface area contributed by atoms with Crippen LogP contribution in [0, 0.1) is 13.8 Å². The second-order valence-electron chi connectivity index (χ2n) is 9.14. The van der Waals surface area contributed by atoms with E-state index in [1.807, 2.05) is 10.6 Å². The summed E-state index contributed by atoms with van der Waals surface area (Å²) in [5.41, 5.74) is -3.53. The van der Waals surface area contributed by atoms with Gasteiger partial charge in [0.2, 0.25) is 5.91 Å². The summed E-state index contributed by atoms with van der Waals surface area (Å²) in [6, 6.07) is 3.50. The molecule has 0 aliphatic carbocycles. The van der Waals surface area contributed by atoms with Gasteiger partial charge in [0.05, 0.1) is 23.7 Å². The number of rotatable bonds is 8. The van der Waals surface area contributed by atoms with Crippen molar-refractivity contribution in [3.05, 3.63) is 74.8 Å². The van der Waals surface area contributed by atoms with E-state index < -0.39 is 83.3 Å². The highest BCUT2D eigenvalue weighted by molar-refractivity contribution is 6.32. The summed E-state index contributed by atoms with van der Waals surface area (Å²) in [5, 5.41) is 4.11. The van der Waals surface area contributed by atoms with Crippen LogP contribution >= 0.6 is 11.6 Å². The quantitative estimate of drug-likeness (QED) is 0.231. The van der Waals surface area contributed by atoms with Gasteiger partial charge < -0.3 is 10.6 Å². The van der Waals surface area contributed by atoms with Crippen LogP contribution in [-0.2, 0) is 11.0 Å². The van der Waals surface area contributed by atoms with E-state index in [1.165, 1.54) is 13.8 Å². The maximum absolute atomic E-state index is 15.0. The van der Waals surface area contributed by atoms with Crippen LogP contribution in [-0.4, -0.2) is 30.3 Å². The van der Waals surface area contributed by atoms with E-state index in [0.29, 0.717) is 12.1 Å². The molecule has 0 bridgehead atoms. The largest absolute Gasteiger partial charge is 0.417 e. The first-order valence-electron chi connectivity index (χ1n) is 11.7. The molecule has 2 N–H and O–H groups in total. The zero-order valence-corrected chi connectivity index (χ0v) is 22.3. The standard InChI is InChI=1S/C26H23ClF10N2O2/c1-12-8-16(9-13(2)22(12)27)18(25(32,33)34)11-20(28)15-4-5-17(19(10-15)26(35,36)37)23(41)39-14(3)38-21(40)6-7-24(29,30)31/h4-5,8-11,14,18H,6-7H2,1-3H3,(H,38,40)(H,39,41)/b20-11-/t14-,18?/m1/s1. The lowest BCUT2D eigenvalue weighted by Crippen LogP contribution is -2.46. The van der Waals surface area contributed by atoms with E-state index in [9.17, 15) is 49.1 Å². The molecule has 0 saturated heterocycles. The smallest absolute Gasteiger partial charge is 0.336 e. The van der Waals surface area contributed by atoms with Crippen LogP contribution in [0.15, 0.2) is 36.4 Å². The lowest BCUT2D eigenvalue weighted by molar-refractivity contribution is -0.144. The van der Waals surface area contributed by atoms with E-state index in [1.54, 1.807) is 0 Å². The Balaban J connectivity index is 2.39. The summed E-state index contributed by atoms with van der Waals surface area (Å²) in [5.74, 6) is -6.77. The fourth-order valence-corrected chi connectivity index (χ4v) is 3.90. The molecule has 0 radical (unpaired) electrons. The van der Waals surface area contributed by atoms with Crippen LogP contribution in [0.2, 0.25) is 5.02 Å². The first-order chi connectivity index (χ1) is 18.6. The van der Waals surface area contributed by atoms with Gasteiger partial charge in [-0.2, -0.15) is 39.5 Å². The molecule has 0 aromatic heterocycles. The minimum atomic E-state index is -5.27. The van der Waals surface area contributed by atoms with Crippen LogP contribution < -0.4 is 10.6 Å². The zero-order valence-electron chi connectivity index (χ0n) is 21.5. The van der Waals surface area contributed by atoms with Crippen molar-refractivity contribution >= 4 is 29.2 Å². The Morgan fingerprint density at radius 1 is 0.927 bits per heavy atom. The fourth-order valence-electron chi connectivity index (χ4n) is 3.79. The predicted molar refractivity (Wildman–Crippen MR) is 131 cm³/mol. The van der Waals surface area contributed by atoms with Gasteiger partial charge in [-0.15, -0.1) is 0 Å². The normalized spacial score (nSPS) is 14.4. The van der Waals surface area contributed by atoms with Gasteiger partial charge in [0.1, 0.15) is 11.7 Å². The highest BCUT2D eigenvalue weighted by Gasteiger charge is 2.41. The van der Waals surface area contributed by atoms with Gasteiger partial charge in [0, 0.05) is 17.0 Å². The van der Waals surface area contributed by atoms with E-state index >= 15 is 4.39 Å². The Morgan fingerprint density at radius 2 is 1.49 bits per heavy atom. The molecule has 15 heteroatoms. The van der Waals surface area contributed by atoms with Crippen molar-refractivity contribution in [2.75, 3.05) is 0 Å². The molecular weight excluding hydrogens is 598 g/mol. The van der Waals surface area contributed by atoms with Crippen molar-refractivity contribution < 1.29 is 53.5 Å². The number of amides is 2. The van der Waals surface area contributed by atoms with E-state index in [0.717, 1.165) is 19.1 Å². The molecular formula is C26H23ClF10N2O2. The summed E-state index contributed by atoms with van der Waals surface area (Å²) in [6.45, 7) is 3.94. The third kappa shape index (κ3) is 9.65. The van der Waals surface area contributed by atoms with Crippen molar-refractivity contribution in [2.24, 2.45) is 0 Å². The number of halogens is 11. The van der Waals surface area contributed by atoms with Gasteiger partial charge in [-0.3, -0.25) is 9.59 Å². The molecule has 2 aromatic rings. The molecule has 41 heavy (non-hydrogen) atoms. The fraction of sp³-hybridized carbons (Fsp3) is 0.385. The lowest BCUT2D eigenvalue weighted by atomic mass is 9.93. The predicted octanol–water partition coefficient (Wildman–Crippen LogP) is 8.17. The first-order valence-corrected chi connectivity index (χ1v) is 12.1. The molecule has 0 saturated carbocycles. The summed E-state index contributed by atoms with van der Waals surface area (Å²) in [7, 11) is 0. The Bertz CT molecular complexity index is 1290. The molecule has 0 aliphatic heterocycles. The SMILES string of the molecule is Cc1cc(C(/C=C(\F)c2ccc(C(=O)N[C@H](C)NC(=O)CCC(F)(F)F)c(C(F)(F)F)c2)C(F)(F)F)cc(C)c1Cl. The third-order valence-corrected chi connectivity index (χ3v) is 6.29. The summed E-state index contributed by atoms with van der Waals surface area (Å²) >= 11 is 5.99. The Labute approximate surface area is 232 Å². The number of carbonyl (C=O) groups is 2. The molecule has 2 aromatic carbocycles. The Kier molecular flexibility index (Phi) is 10.5. The monoisotopic (exact) mass is 620 g/mol. The first kappa shape index (κ1) is 33.9. The minimum absolute atomic E-state index is 0.107. The summed E-state index contributed by atoms with van der Waals surface area (Å²) in [4.78, 5) is 24.1. The average Bonchev–Trinajstić information content (AvgIpc) is 2.82. The summed E-state index contributed by atoms with van der Waals surface area (Å²) in [6.07, 6.45) is -18.7. The molecule has 2 rings (SSSR count). The maximum Gasteiger partial charge on any atom is 0.417 e. The van der Waals surface area contributed by atoms with Gasteiger partial charge in [0.25, 0.3) is 5.91 Å². The van der Waals surface area contributed by atoms with Crippen molar-refractivity contribution in [3.63, 3.8) is 0 Å². The van der Waals surface area contributed by atoms with Crippen molar-refractivity contribution in [2.45, 2.75) is 64.2 Å². The van der Waals surface area contributed by atoms with Gasteiger partial charge in [0.15, 0.2) is 0 Å². The van der Waals surface area contributed by atoms with Gasteiger partial charge >= 0.3 is 18.5 Å². The molecule has 1 unspecified atom stereocenters. The van der Waals surface area contributed by atoms with Crippen LogP contribution in [0.5, 0.6) is 0 Å². The van der Waals surface area contributed by atoms with Crippen LogP contribution in [0.3, 0.4) is 0 Å². The van der Waals surface area contributed by atoms with Crippen molar-refractivity contribution in [1.29, 1.82) is 0 Å². The van der Waals surface area contributed by atoms with E-state index in [-0.39, 0.29) is 28.3 Å². The lowest BCUT2D eigenvalue weighted by Gasteiger charge is -2.20. The number of hydrogen-bond acceptors (Lipinski definition) is 2. The molecule has 2 atom stereocenters. The number of benzene rings is 2. The molecule has 2 amide bonds. The maximum atomic E-state index is 15.0. The molecule has 0 spiro atoms. The number of carbonyl (C=O) groups excluding carboxylic acids is 2. The third-order valence-electron chi connectivity index (χ3n) is 5.69. The van der Waals surface area contributed by atoms with Crippen LogP contribution in [0.25, 0.3) is 5.83 Å². The number of aryl methyl sites for hydroxylation is 2. The Hall–Kier alpha value is -3.29. The van der Waals surface area contributed by atoms with Gasteiger partial charge in [-0.25, -0.2) is 4.39 Å². The zero-order chi connectivity index (χ0) is 31.5. The number of hydrogen-bond donors (Lipinski definition) is 2. The topological polar surface area (TPSA) is 58.2 Å². The average molecular weight is 621 g/mol. The van der Waals surface area contributed by atoms with Crippen molar-refractivity contribution in [1.82, 2.24) is 10.6 Å². The number of alkyl halides is 9. The molecule has 226 valence electrons. The van der Waals surface area contributed by atoms with Crippen molar-refractivity contribution in [3.8, 4) is 0 Å². The molecule has 0 aliphatic rings. The minimum Gasteiger partial charge on any atom is -0.336 e. The highest BCUT2D eigenvalue weighted by Crippen LogP contribution is 2.41. The second kappa shape index (κ2) is 12.7.